The van der Waals surface area contributed by atoms with E-state index >= 15 is 0 Å². The van der Waals surface area contributed by atoms with E-state index in [0.29, 0.717) is 35.8 Å². The first-order valence-corrected chi connectivity index (χ1v) is 8.07. The Hall–Kier alpha value is -3.04. The standard InChI is InChI=1S/C16H19F2N7O/c17-8-20-3-12(5-23-18)11-1-15(21-4-11)16(22-9-19)24-6-13-2-14(7-24)25(13)10-26/h1,3-5,9-10,13-14,19,21,23H,2,6-8H2/b12-5+,19-9?,20-3+,22-16?. The number of piperidine rings is 1. The summed E-state index contributed by atoms with van der Waals surface area (Å²) in [6.45, 7) is 0.369. The number of aliphatic imine (C=N–C) groups is 2. The molecule has 3 N–H and O–H groups in total. The van der Waals surface area contributed by atoms with Crippen LogP contribution >= 0.6 is 0 Å². The van der Waals surface area contributed by atoms with Crippen molar-refractivity contribution in [3.63, 3.8) is 0 Å². The zero-order chi connectivity index (χ0) is 18.5. The van der Waals surface area contributed by atoms with E-state index in [9.17, 15) is 13.7 Å². The molecule has 0 radical (unpaired) electrons. The molecule has 26 heavy (non-hydrogen) atoms. The first kappa shape index (κ1) is 17.8. The number of carbonyl (C=O) groups is 1. The highest BCUT2D eigenvalue weighted by Gasteiger charge is 2.44. The van der Waals surface area contributed by atoms with Gasteiger partial charge in [0.05, 0.1) is 17.8 Å². The van der Waals surface area contributed by atoms with E-state index in [0.717, 1.165) is 25.4 Å². The number of piperazine rings is 1. The fraction of sp³-hybridized carbons (Fsp3) is 0.375. The number of amidine groups is 1. The molecule has 4 rings (SSSR count). The maximum Gasteiger partial charge on any atom is 0.210 e. The van der Waals surface area contributed by atoms with Crippen LogP contribution in [0.15, 0.2) is 28.4 Å². The molecule has 10 heteroatoms. The van der Waals surface area contributed by atoms with Gasteiger partial charge >= 0.3 is 0 Å². The molecule has 3 aliphatic heterocycles. The lowest BCUT2D eigenvalue weighted by Gasteiger charge is -2.55. The van der Waals surface area contributed by atoms with E-state index in [4.69, 9.17) is 5.41 Å². The molecule has 3 fully saturated rings. The molecule has 2 bridgehead atoms. The molecule has 1 aromatic rings. The SMILES string of the molecule is N=CN=C(c1cc(C(=C/NF)/C=N/CF)c[nH]1)N1CC2CC(C1)N2C=O. The molecule has 8 nitrogen and oxygen atoms in total. The molecule has 1 amide bonds. The Morgan fingerprint density at radius 1 is 1.46 bits per heavy atom. The van der Waals surface area contributed by atoms with Gasteiger partial charge in [-0.3, -0.25) is 15.2 Å². The van der Waals surface area contributed by atoms with Crippen molar-refractivity contribution >= 4 is 30.4 Å². The van der Waals surface area contributed by atoms with Crippen LogP contribution in [-0.4, -0.2) is 71.6 Å². The molecule has 0 aromatic carbocycles. The van der Waals surface area contributed by atoms with Crippen molar-refractivity contribution in [1.29, 1.82) is 5.41 Å². The maximum absolute atomic E-state index is 12.5. The van der Waals surface area contributed by atoms with Crippen LogP contribution in [0.2, 0.25) is 0 Å². The van der Waals surface area contributed by atoms with E-state index in [1.165, 1.54) is 11.8 Å². The van der Waals surface area contributed by atoms with Crippen molar-refractivity contribution in [2.24, 2.45) is 9.98 Å². The van der Waals surface area contributed by atoms with Crippen molar-refractivity contribution in [3.05, 3.63) is 29.7 Å². The van der Waals surface area contributed by atoms with Crippen LogP contribution in [0.25, 0.3) is 5.57 Å². The number of H-pyrrole nitrogens is 1. The molecule has 138 valence electrons. The van der Waals surface area contributed by atoms with Crippen LogP contribution in [-0.2, 0) is 4.79 Å². The lowest BCUT2D eigenvalue weighted by Crippen LogP contribution is -2.68. The number of fused-ring (bicyclic) bond motifs is 2. The summed E-state index contributed by atoms with van der Waals surface area (Å²) in [5.74, 6) is 0.571. The quantitative estimate of drug-likeness (QED) is 0.222. The molecule has 0 saturated carbocycles. The van der Waals surface area contributed by atoms with Gasteiger partial charge in [-0.2, -0.15) is 0 Å². The Labute approximate surface area is 148 Å². The predicted octanol–water partition coefficient (Wildman–Crippen LogP) is 1.10. The number of alkyl halides is 1. The monoisotopic (exact) mass is 363 g/mol. The number of nitrogens with zero attached hydrogens (tertiary/aromatic N) is 4. The molecular weight excluding hydrogens is 344 g/mol. The fourth-order valence-electron chi connectivity index (χ4n) is 3.44. The summed E-state index contributed by atoms with van der Waals surface area (Å²) >= 11 is 0. The van der Waals surface area contributed by atoms with E-state index in [2.05, 4.69) is 15.0 Å². The van der Waals surface area contributed by atoms with Gasteiger partial charge in [0.25, 0.3) is 0 Å². The van der Waals surface area contributed by atoms with Crippen LogP contribution in [0.3, 0.4) is 0 Å². The number of halogens is 2. The average molecular weight is 363 g/mol. The first-order valence-electron chi connectivity index (χ1n) is 8.07. The zero-order valence-electron chi connectivity index (χ0n) is 13.9. The molecule has 4 heterocycles. The summed E-state index contributed by atoms with van der Waals surface area (Å²) in [7, 11) is 0. The third-order valence-corrected chi connectivity index (χ3v) is 4.62. The number of nitrogens with one attached hydrogen (secondary N) is 3. The minimum absolute atomic E-state index is 0.152. The number of hydrogen-bond acceptors (Lipinski definition) is 4. The van der Waals surface area contributed by atoms with E-state index in [-0.39, 0.29) is 12.1 Å². The second-order valence-corrected chi connectivity index (χ2v) is 6.02. The second kappa shape index (κ2) is 7.89. The zero-order valence-corrected chi connectivity index (χ0v) is 13.9. The summed E-state index contributed by atoms with van der Waals surface area (Å²) in [6.07, 6.45) is 6.73. The largest absolute Gasteiger partial charge is 0.358 e. The molecule has 0 aliphatic carbocycles. The third-order valence-electron chi connectivity index (χ3n) is 4.62. The summed E-state index contributed by atoms with van der Waals surface area (Å²) in [4.78, 5) is 25.6. The van der Waals surface area contributed by atoms with E-state index in [1.54, 1.807) is 17.2 Å². The Balaban J connectivity index is 1.82. The van der Waals surface area contributed by atoms with Crippen molar-refractivity contribution in [2.75, 3.05) is 19.9 Å². The van der Waals surface area contributed by atoms with Gasteiger partial charge in [0.2, 0.25) is 6.41 Å². The Morgan fingerprint density at radius 3 is 2.85 bits per heavy atom. The fourth-order valence-corrected chi connectivity index (χ4v) is 3.44. The summed E-state index contributed by atoms with van der Waals surface area (Å²) < 4.78 is 24.7. The van der Waals surface area contributed by atoms with Gasteiger partial charge in [-0.25, -0.2) is 14.9 Å². The van der Waals surface area contributed by atoms with Crippen LogP contribution in [0.4, 0.5) is 8.87 Å². The number of rotatable bonds is 7. The summed E-state index contributed by atoms with van der Waals surface area (Å²) in [6, 6.07) is 2.03. The number of hydrogen-bond donors (Lipinski definition) is 3. The van der Waals surface area contributed by atoms with Gasteiger partial charge in [-0.05, 0) is 12.5 Å². The van der Waals surface area contributed by atoms with Crippen LogP contribution < -0.4 is 5.54 Å². The van der Waals surface area contributed by atoms with Crippen molar-refractivity contribution in [1.82, 2.24) is 20.3 Å². The maximum atomic E-state index is 12.5. The number of allylic oxidation sites excluding steroid dienone is 1. The molecule has 0 spiro atoms. The highest BCUT2D eigenvalue weighted by Crippen LogP contribution is 2.31. The van der Waals surface area contributed by atoms with E-state index < -0.39 is 6.80 Å². The van der Waals surface area contributed by atoms with Crippen molar-refractivity contribution in [2.45, 2.75) is 18.5 Å². The van der Waals surface area contributed by atoms with Crippen LogP contribution in [0.5, 0.6) is 0 Å². The summed E-state index contributed by atoms with van der Waals surface area (Å²) in [5, 5.41) is 7.33. The minimum Gasteiger partial charge on any atom is -0.358 e. The molecule has 3 aliphatic rings. The minimum atomic E-state index is -0.898. The third kappa shape index (κ3) is 3.35. The lowest BCUT2D eigenvalue weighted by molar-refractivity contribution is -0.136. The Bertz CT molecular complexity index is 746. The highest BCUT2D eigenvalue weighted by molar-refractivity contribution is 6.11. The number of aromatic amines is 1. The van der Waals surface area contributed by atoms with Gasteiger partial charge in [0.1, 0.15) is 6.34 Å². The topological polar surface area (TPSA) is 99.9 Å². The normalized spacial score (nSPS) is 23.2. The Kier molecular flexibility index (Phi) is 5.40. The lowest BCUT2D eigenvalue weighted by atomic mass is 9.88. The van der Waals surface area contributed by atoms with Crippen molar-refractivity contribution < 1.29 is 13.7 Å². The molecule has 1 aromatic heterocycles. The smallest absolute Gasteiger partial charge is 0.210 e. The van der Waals surface area contributed by atoms with Gasteiger partial charge < -0.3 is 14.8 Å². The Morgan fingerprint density at radius 2 is 2.23 bits per heavy atom. The second-order valence-electron chi connectivity index (χ2n) is 6.02. The highest BCUT2D eigenvalue weighted by atomic mass is 19.2. The summed E-state index contributed by atoms with van der Waals surface area (Å²) in [5.41, 5.74) is 3.01. The molecule has 2 atom stereocenters. The van der Waals surface area contributed by atoms with Gasteiger partial charge in [0.15, 0.2) is 12.6 Å². The molecular formula is C16H19F2N7O. The van der Waals surface area contributed by atoms with Crippen LogP contribution in [0.1, 0.15) is 17.7 Å². The van der Waals surface area contributed by atoms with E-state index in [1.807, 2.05) is 4.90 Å². The van der Waals surface area contributed by atoms with Gasteiger partial charge in [-0.1, -0.05) is 0 Å². The predicted molar refractivity (Wildman–Crippen MR) is 94.5 cm³/mol. The van der Waals surface area contributed by atoms with Crippen molar-refractivity contribution in [3.8, 4) is 0 Å². The van der Waals surface area contributed by atoms with Gasteiger partial charge in [-0.15, -0.1) is 4.48 Å². The number of carbonyl (C=O) groups excluding carboxylic acids is 1. The first-order chi connectivity index (χ1) is 12.7. The molecule has 3 saturated heterocycles. The van der Waals surface area contributed by atoms with Gasteiger partial charge in [0, 0.05) is 42.8 Å². The van der Waals surface area contributed by atoms with Crippen LogP contribution in [0, 0.1) is 5.41 Å². The number of aromatic nitrogens is 1. The average Bonchev–Trinajstić information content (AvgIpc) is 3.13. The molecule has 2 unspecified atom stereocenters. The number of amides is 1.